The van der Waals surface area contributed by atoms with Gasteiger partial charge in [0.25, 0.3) is 0 Å². The summed E-state index contributed by atoms with van der Waals surface area (Å²) in [6.07, 6.45) is 0. The minimum Gasteiger partial charge on any atom is -0.486 e. The molecular formula is C20H18ClNO4S. The number of carboxylic acid groups (broad SMARTS) is 1. The number of nitrogens with zero attached hydrogens (tertiary/aromatic N) is 1. The van der Waals surface area contributed by atoms with Crippen molar-refractivity contribution in [3.05, 3.63) is 63.9 Å². The summed E-state index contributed by atoms with van der Waals surface area (Å²) < 4.78 is 11.2. The SMILES string of the molecule is CC(C)(Oc1ccc(OCc2nc(-c3ccccc3Cl)cs2)cc1)C(=O)O. The Kier molecular flexibility index (Phi) is 5.68. The first-order valence-corrected chi connectivity index (χ1v) is 9.45. The first kappa shape index (κ1) is 19.2. The Bertz CT molecular complexity index is 937. The zero-order valence-corrected chi connectivity index (χ0v) is 16.4. The molecule has 140 valence electrons. The molecule has 1 aromatic heterocycles. The van der Waals surface area contributed by atoms with Gasteiger partial charge < -0.3 is 14.6 Å². The van der Waals surface area contributed by atoms with Crippen molar-refractivity contribution in [1.82, 2.24) is 4.98 Å². The summed E-state index contributed by atoms with van der Waals surface area (Å²) in [4.78, 5) is 15.7. The third kappa shape index (κ3) is 4.78. The molecule has 0 amide bonds. The minimum atomic E-state index is -1.29. The standard InChI is InChI=1S/C20H18ClNO4S/c1-20(2,19(23)24)26-14-9-7-13(8-10-14)25-11-18-22-17(12-27-18)15-5-3-4-6-16(15)21/h3-10,12H,11H2,1-2H3,(H,23,24). The summed E-state index contributed by atoms with van der Waals surface area (Å²) in [5.74, 6) is 0.0795. The van der Waals surface area contributed by atoms with Gasteiger partial charge in [-0.1, -0.05) is 29.8 Å². The van der Waals surface area contributed by atoms with Crippen LogP contribution >= 0.6 is 22.9 Å². The Morgan fingerprint density at radius 3 is 2.48 bits per heavy atom. The quantitative estimate of drug-likeness (QED) is 0.580. The van der Waals surface area contributed by atoms with Crippen molar-refractivity contribution in [2.75, 3.05) is 0 Å². The van der Waals surface area contributed by atoms with Crippen molar-refractivity contribution in [3.63, 3.8) is 0 Å². The Labute approximate surface area is 166 Å². The van der Waals surface area contributed by atoms with E-state index in [1.165, 1.54) is 25.2 Å². The van der Waals surface area contributed by atoms with Gasteiger partial charge in [-0.2, -0.15) is 0 Å². The van der Waals surface area contributed by atoms with E-state index in [2.05, 4.69) is 4.98 Å². The molecule has 0 atom stereocenters. The topological polar surface area (TPSA) is 68.7 Å². The lowest BCUT2D eigenvalue weighted by Gasteiger charge is -2.21. The lowest BCUT2D eigenvalue weighted by atomic mass is 10.1. The molecule has 5 nitrogen and oxygen atoms in total. The highest BCUT2D eigenvalue weighted by Gasteiger charge is 2.29. The van der Waals surface area contributed by atoms with Crippen molar-refractivity contribution >= 4 is 28.9 Å². The number of thiazole rings is 1. The predicted octanol–water partition coefficient (Wildman–Crippen LogP) is 5.28. The summed E-state index contributed by atoms with van der Waals surface area (Å²) in [6.45, 7) is 3.33. The van der Waals surface area contributed by atoms with Crippen LogP contribution in [0.3, 0.4) is 0 Å². The molecule has 7 heteroatoms. The second kappa shape index (κ2) is 7.98. The first-order valence-electron chi connectivity index (χ1n) is 8.20. The van der Waals surface area contributed by atoms with Crippen molar-refractivity contribution < 1.29 is 19.4 Å². The van der Waals surface area contributed by atoms with Gasteiger partial charge in [0.05, 0.1) is 5.69 Å². The van der Waals surface area contributed by atoms with Crippen LogP contribution in [0.15, 0.2) is 53.9 Å². The number of rotatable bonds is 7. The third-order valence-corrected chi connectivity index (χ3v) is 4.93. The maximum atomic E-state index is 11.1. The normalized spacial score (nSPS) is 11.2. The Hall–Kier alpha value is -2.57. The number of ether oxygens (including phenoxy) is 2. The van der Waals surface area contributed by atoms with Gasteiger partial charge in [-0.15, -0.1) is 11.3 Å². The van der Waals surface area contributed by atoms with E-state index in [4.69, 9.17) is 26.2 Å². The lowest BCUT2D eigenvalue weighted by Crippen LogP contribution is -2.37. The van der Waals surface area contributed by atoms with Gasteiger partial charge in [0.1, 0.15) is 23.1 Å². The first-order chi connectivity index (χ1) is 12.8. The van der Waals surface area contributed by atoms with E-state index in [9.17, 15) is 4.79 Å². The smallest absolute Gasteiger partial charge is 0.347 e. The second-order valence-corrected chi connectivity index (χ2v) is 7.63. The van der Waals surface area contributed by atoms with E-state index >= 15 is 0 Å². The molecule has 0 saturated carbocycles. The van der Waals surface area contributed by atoms with Crippen molar-refractivity contribution in [2.45, 2.75) is 26.1 Å². The minimum absolute atomic E-state index is 0.329. The van der Waals surface area contributed by atoms with Crippen LogP contribution in [0.1, 0.15) is 18.9 Å². The van der Waals surface area contributed by atoms with Crippen LogP contribution in [0.5, 0.6) is 11.5 Å². The molecule has 3 aromatic rings. The molecule has 0 fully saturated rings. The predicted molar refractivity (Wildman–Crippen MR) is 106 cm³/mol. The molecule has 0 spiro atoms. The Morgan fingerprint density at radius 2 is 1.81 bits per heavy atom. The van der Waals surface area contributed by atoms with Crippen LogP contribution in [-0.2, 0) is 11.4 Å². The van der Waals surface area contributed by atoms with Crippen LogP contribution in [0, 0.1) is 0 Å². The molecule has 0 unspecified atom stereocenters. The van der Waals surface area contributed by atoms with Crippen molar-refractivity contribution in [1.29, 1.82) is 0 Å². The fraction of sp³-hybridized carbons (Fsp3) is 0.200. The van der Waals surface area contributed by atoms with Gasteiger partial charge >= 0.3 is 5.97 Å². The molecule has 0 bridgehead atoms. The maximum absolute atomic E-state index is 11.1. The molecule has 27 heavy (non-hydrogen) atoms. The molecule has 3 rings (SSSR count). The number of aliphatic carboxylic acids is 1. The number of carbonyl (C=O) groups is 1. The zero-order chi connectivity index (χ0) is 19.4. The van der Waals surface area contributed by atoms with Gasteiger partial charge in [0, 0.05) is 16.0 Å². The summed E-state index contributed by atoms with van der Waals surface area (Å²) >= 11 is 7.71. The van der Waals surface area contributed by atoms with Crippen molar-refractivity contribution in [3.8, 4) is 22.8 Å². The van der Waals surface area contributed by atoms with E-state index in [-0.39, 0.29) is 0 Å². The zero-order valence-electron chi connectivity index (χ0n) is 14.8. The van der Waals surface area contributed by atoms with Crippen LogP contribution < -0.4 is 9.47 Å². The highest BCUT2D eigenvalue weighted by atomic mass is 35.5. The Balaban J connectivity index is 1.61. The van der Waals surface area contributed by atoms with Crippen molar-refractivity contribution in [2.24, 2.45) is 0 Å². The third-order valence-electron chi connectivity index (χ3n) is 3.78. The van der Waals surface area contributed by atoms with E-state index < -0.39 is 11.6 Å². The highest BCUT2D eigenvalue weighted by Crippen LogP contribution is 2.29. The van der Waals surface area contributed by atoms with Crippen LogP contribution in [0.4, 0.5) is 0 Å². The molecule has 2 aromatic carbocycles. The van der Waals surface area contributed by atoms with E-state index in [0.717, 1.165) is 16.3 Å². The van der Waals surface area contributed by atoms with Gasteiger partial charge in [0.15, 0.2) is 5.60 Å². The second-order valence-electron chi connectivity index (χ2n) is 6.28. The number of benzene rings is 2. The lowest BCUT2D eigenvalue weighted by molar-refractivity contribution is -0.152. The number of aromatic nitrogens is 1. The van der Waals surface area contributed by atoms with E-state index in [1.807, 2.05) is 29.6 Å². The van der Waals surface area contributed by atoms with Crippen LogP contribution in [0.25, 0.3) is 11.3 Å². The molecule has 1 heterocycles. The maximum Gasteiger partial charge on any atom is 0.347 e. The average molecular weight is 404 g/mol. The highest BCUT2D eigenvalue weighted by molar-refractivity contribution is 7.09. The number of carboxylic acids is 1. The van der Waals surface area contributed by atoms with Crippen LogP contribution in [-0.4, -0.2) is 21.7 Å². The molecule has 0 saturated heterocycles. The van der Waals surface area contributed by atoms with Gasteiger partial charge in [-0.3, -0.25) is 0 Å². The van der Waals surface area contributed by atoms with Gasteiger partial charge in [-0.25, -0.2) is 9.78 Å². The van der Waals surface area contributed by atoms with Gasteiger partial charge in [0.2, 0.25) is 0 Å². The summed E-state index contributed by atoms with van der Waals surface area (Å²) in [7, 11) is 0. The molecule has 0 aliphatic carbocycles. The number of hydrogen-bond acceptors (Lipinski definition) is 5. The van der Waals surface area contributed by atoms with E-state index in [1.54, 1.807) is 24.3 Å². The summed E-state index contributed by atoms with van der Waals surface area (Å²) in [5.41, 5.74) is 0.423. The van der Waals surface area contributed by atoms with E-state index in [0.29, 0.717) is 23.1 Å². The fourth-order valence-electron chi connectivity index (χ4n) is 2.26. The van der Waals surface area contributed by atoms with Gasteiger partial charge in [-0.05, 0) is 44.2 Å². The largest absolute Gasteiger partial charge is 0.486 e. The molecule has 1 N–H and O–H groups in total. The molecule has 0 aliphatic rings. The molecular weight excluding hydrogens is 386 g/mol. The molecule has 0 radical (unpaired) electrons. The fourth-order valence-corrected chi connectivity index (χ4v) is 3.19. The van der Waals surface area contributed by atoms with Crippen LogP contribution in [0.2, 0.25) is 5.02 Å². The Morgan fingerprint density at radius 1 is 1.15 bits per heavy atom. The monoisotopic (exact) mass is 403 g/mol. The number of hydrogen-bond donors (Lipinski definition) is 1. The number of halogens is 1. The average Bonchev–Trinajstić information content (AvgIpc) is 3.10. The molecule has 0 aliphatic heterocycles. The summed E-state index contributed by atoms with van der Waals surface area (Å²) in [6, 6.07) is 14.4. The summed E-state index contributed by atoms with van der Waals surface area (Å²) in [5, 5.41) is 12.5.